The lowest BCUT2D eigenvalue weighted by atomic mass is 10.0. The Morgan fingerprint density at radius 1 is 1.21 bits per heavy atom. The van der Waals surface area contributed by atoms with Gasteiger partial charge in [-0.05, 0) is 18.4 Å². The number of sulfone groups is 1. The van der Waals surface area contributed by atoms with Gasteiger partial charge in [0, 0.05) is 6.42 Å². The number of nitrogens with zero attached hydrogens (tertiary/aromatic N) is 3. The monoisotopic (exact) mass is 357 g/mol. The molecule has 24 heavy (non-hydrogen) atoms. The lowest BCUT2D eigenvalue weighted by Crippen LogP contribution is -2.32. The Balaban J connectivity index is 1.77. The number of rotatable bonds is 4. The largest absolute Gasteiger partial charge is 0.267 e. The summed E-state index contributed by atoms with van der Waals surface area (Å²) in [5.74, 6) is -0.118. The standard InChI is InChI=1S/C15H14F3N3O2S/c16-10-8-11(9-4-2-1-3-5-9)21-12(10)19-14(20-21)24(22,23)15(6-7-15)13(17)18/h1-5,10-11,13H,6-8H2/t10-,11-/m0/s1. The molecule has 0 N–H and O–H groups in total. The quantitative estimate of drug-likeness (QED) is 0.844. The zero-order chi connectivity index (χ0) is 17.1. The minimum absolute atomic E-state index is 0.0969. The first kappa shape index (κ1) is 15.6. The van der Waals surface area contributed by atoms with Gasteiger partial charge in [0.15, 0.2) is 12.0 Å². The van der Waals surface area contributed by atoms with E-state index in [0.29, 0.717) is 0 Å². The summed E-state index contributed by atoms with van der Waals surface area (Å²) >= 11 is 0. The summed E-state index contributed by atoms with van der Waals surface area (Å²) < 4.78 is 64.6. The molecule has 1 aliphatic carbocycles. The first-order chi connectivity index (χ1) is 11.4. The number of alkyl halides is 3. The average molecular weight is 357 g/mol. The first-order valence-electron chi connectivity index (χ1n) is 7.55. The molecule has 0 saturated heterocycles. The third-order valence-corrected chi connectivity index (χ3v) is 7.05. The maximum absolute atomic E-state index is 14.3. The highest BCUT2D eigenvalue weighted by atomic mass is 32.2. The van der Waals surface area contributed by atoms with E-state index in [-0.39, 0.29) is 25.1 Å². The van der Waals surface area contributed by atoms with Gasteiger partial charge in [-0.25, -0.2) is 26.3 Å². The molecule has 0 unspecified atom stereocenters. The molecule has 2 heterocycles. The molecule has 1 aromatic heterocycles. The van der Waals surface area contributed by atoms with E-state index in [0.717, 1.165) is 5.56 Å². The molecule has 0 amide bonds. The van der Waals surface area contributed by atoms with Crippen molar-refractivity contribution in [3.05, 3.63) is 41.7 Å². The molecule has 5 nitrogen and oxygen atoms in total. The van der Waals surface area contributed by atoms with Crippen molar-refractivity contribution in [3.8, 4) is 0 Å². The normalized spacial score (nSPS) is 25.0. The van der Waals surface area contributed by atoms with Crippen LogP contribution < -0.4 is 0 Å². The van der Waals surface area contributed by atoms with E-state index in [2.05, 4.69) is 10.1 Å². The van der Waals surface area contributed by atoms with E-state index >= 15 is 0 Å². The summed E-state index contributed by atoms with van der Waals surface area (Å²) in [5.41, 5.74) is 0.766. The number of fused-ring (bicyclic) bond motifs is 1. The van der Waals surface area contributed by atoms with Crippen molar-refractivity contribution in [2.75, 3.05) is 0 Å². The van der Waals surface area contributed by atoms with Gasteiger partial charge in [0.1, 0.15) is 4.75 Å². The molecular formula is C15H14F3N3O2S. The smallest absolute Gasteiger partial charge is 0.239 e. The van der Waals surface area contributed by atoms with Crippen LogP contribution in [0.25, 0.3) is 0 Å². The molecule has 1 saturated carbocycles. The molecule has 128 valence electrons. The molecular weight excluding hydrogens is 343 g/mol. The van der Waals surface area contributed by atoms with Crippen molar-refractivity contribution in [1.29, 1.82) is 0 Å². The third kappa shape index (κ3) is 2.03. The van der Waals surface area contributed by atoms with Crippen LogP contribution >= 0.6 is 0 Å². The predicted octanol–water partition coefficient (Wildman–Crippen LogP) is 2.85. The van der Waals surface area contributed by atoms with E-state index < -0.39 is 38.4 Å². The predicted molar refractivity (Wildman–Crippen MR) is 78.2 cm³/mol. The van der Waals surface area contributed by atoms with Crippen LogP contribution in [-0.4, -0.2) is 34.4 Å². The van der Waals surface area contributed by atoms with Gasteiger partial charge in [-0.15, -0.1) is 5.10 Å². The van der Waals surface area contributed by atoms with Gasteiger partial charge >= 0.3 is 0 Å². The van der Waals surface area contributed by atoms with Crippen LogP contribution in [0.2, 0.25) is 0 Å². The summed E-state index contributed by atoms with van der Waals surface area (Å²) in [5, 5.41) is 3.21. The fourth-order valence-corrected chi connectivity index (χ4v) is 4.78. The molecule has 4 rings (SSSR count). The van der Waals surface area contributed by atoms with Crippen molar-refractivity contribution < 1.29 is 21.6 Å². The topological polar surface area (TPSA) is 64.8 Å². The summed E-state index contributed by atoms with van der Waals surface area (Å²) in [6.07, 6.45) is -4.64. The minimum atomic E-state index is -4.39. The molecule has 2 atom stereocenters. The van der Waals surface area contributed by atoms with Gasteiger partial charge in [0.25, 0.3) is 11.6 Å². The Morgan fingerprint density at radius 2 is 1.88 bits per heavy atom. The second-order valence-corrected chi connectivity index (χ2v) is 8.38. The van der Waals surface area contributed by atoms with Crippen LogP contribution in [0.3, 0.4) is 0 Å². The molecule has 1 fully saturated rings. The highest BCUT2D eigenvalue weighted by molar-refractivity contribution is 7.93. The van der Waals surface area contributed by atoms with E-state index in [1.165, 1.54) is 4.68 Å². The maximum Gasteiger partial charge on any atom is 0.267 e. The SMILES string of the molecule is O=S(=O)(c1nc2n(n1)[C@H](c1ccccc1)C[C@@H]2F)C1(C(F)F)CC1. The molecule has 0 bridgehead atoms. The zero-order valence-electron chi connectivity index (χ0n) is 12.4. The summed E-state index contributed by atoms with van der Waals surface area (Å²) in [6, 6.07) is 8.45. The Bertz CT molecular complexity index is 879. The van der Waals surface area contributed by atoms with Crippen molar-refractivity contribution in [2.45, 2.75) is 47.8 Å². The van der Waals surface area contributed by atoms with Crippen molar-refractivity contribution >= 4 is 9.84 Å². The highest BCUT2D eigenvalue weighted by Crippen LogP contribution is 2.51. The number of benzene rings is 1. The van der Waals surface area contributed by atoms with Crippen LogP contribution in [-0.2, 0) is 9.84 Å². The Labute approximate surface area is 136 Å². The lowest BCUT2D eigenvalue weighted by Gasteiger charge is -2.13. The number of hydrogen-bond acceptors (Lipinski definition) is 4. The second kappa shape index (κ2) is 5.05. The van der Waals surface area contributed by atoms with Gasteiger partial charge in [0.2, 0.25) is 9.84 Å². The van der Waals surface area contributed by atoms with Crippen LogP contribution in [0.5, 0.6) is 0 Å². The zero-order valence-corrected chi connectivity index (χ0v) is 13.3. The van der Waals surface area contributed by atoms with Crippen LogP contribution in [0.15, 0.2) is 35.5 Å². The summed E-state index contributed by atoms with van der Waals surface area (Å²) in [7, 11) is -4.39. The first-order valence-corrected chi connectivity index (χ1v) is 9.03. The van der Waals surface area contributed by atoms with Gasteiger partial charge < -0.3 is 0 Å². The third-order valence-electron chi connectivity index (χ3n) is 4.74. The second-order valence-electron chi connectivity index (χ2n) is 6.20. The Kier molecular flexibility index (Phi) is 3.28. The molecule has 9 heteroatoms. The fourth-order valence-electron chi connectivity index (χ4n) is 3.13. The van der Waals surface area contributed by atoms with Crippen LogP contribution in [0.4, 0.5) is 13.2 Å². The van der Waals surface area contributed by atoms with E-state index in [1.54, 1.807) is 24.3 Å². The van der Waals surface area contributed by atoms with Crippen LogP contribution in [0, 0.1) is 0 Å². The molecule has 1 aromatic carbocycles. The lowest BCUT2D eigenvalue weighted by molar-refractivity contribution is 0.132. The van der Waals surface area contributed by atoms with Crippen molar-refractivity contribution in [3.63, 3.8) is 0 Å². The van der Waals surface area contributed by atoms with Crippen molar-refractivity contribution in [1.82, 2.24) is 14.8 Å². The molecule has 2 aliphatic rings. The van der Waals surface area contributed by atoms with Gasteiger partial charge in [-0.3, -0.25) is 0 Å². The number of halogens is 3. The summed E-state index contributed by atoms with van der Waals surface area (Å²) in [6.45, 7) is 0. The minimum Gasteiger partial charge on any atom is -0.239 e. The molecule has 0 spiro atoms. The highest BCUT2D eigenvalue weighted by Gasteiger charge is 2.63. The molecule has 2 aromatic rings. The average Bonchev–Trinajstić information content (AvgIpc) is 3.18. The number of aromatic nitrogens is 3. The fraction of sp³-hybridized carbons (Fsp3) is 0.467. The van der Waals surface area contributed by atoms with Gasteiger partial charge in [-0.1, -0.05) is 30.3 Å². The van der Waals surface area contributed by atoms with E-state index in [9.17, 15) is 21.6 Å². The van der Waals surface area contributed by atoms with E-state index in [1.807, 2.05) is 6.07 Å². The number of hydrogen-bond donors (Lipinski definition) is 0. The Hall–Kier alpha value is -1.90. The van der Waals surface area contributed by atoms with Crippen LogP contribution in [0.1, 0.15) is 42.9 Å². The van der Waals surface area contributed by atoms with E-state index in [4.69, 9.17) is 0 Å². The maximum atomic E-state index is 14.3. The molecule has 1 aliphatic heterocycles. The summed E-state index contributed by atoms with van der Waals surface area (Å²) in [4.78, 5) is 3.76. The van der Waals surface area contributed by atoms with Gasteiger partial charge in [-0.2, -0.15) is 4.98 Å². The Morgan fingerprint density at radius 3 is 2.46 bits per heavy atom. The van der Waals surface area contributed by atoms with Crippen molar-refractivity contribution in [2.24, 2.45) is 0 Å². The van der Waals surface area contributed by atoms with Gasteiger partial charge in [0.05, 0.1) is 6.04 Å². The molecule has 0 radical (unpaired) electrons.